The van der Waals surface area contributed by atoms with Crippen LogP contribution in [-0.2, 0) is 43.3 Å². The fourth-order valence-electron chi connectivity index (χ4n) is 18.9. The highest BCUT2D eigenvalue weighted by molar-refractivity contribution is 6.75. The van der Waals surface area contributed by atoms with Crippen molar-refractivity contribution in [3.05, 3.63) is 184 Å². The standard InChI is InChI=1S/C87H91BN2/c1-48-36-58(60-39-54(51-19-24-65-69(44-51)85(12,13)33-29-81(65,4)5)38-59-57-37-49(22-27-73(57)89-76(59)60)50-18-23-64-68(43-50)84(10,11)32-28-80(64,2)3)75-79-74(48)63-42-55(52-20-25-66-70(45-52)86(14,15)34-30-82(66,6)7)40-61-62-41-56(47-72(88-75)78(62)90(79)77(61)63)53-21-26-67-71(46-53)87(16,17)35-31-83(67,8)9/h18-27,36-47,88-89H,28-35H2,1-17H3. The number of rotatable bonds is 5. The van der Waals surface area contributed by atoms with Gasteiger partial charge in [-0.05, 0) is 250 Å². The Morgan fingerprint density at radius 2 is 0.667 bits per heavy atom. The van der Waals surface area contributed by atoms with E-state index in [9.17, 15) is 0 Å². The van der Waals surface area contributed by atoms with Gasteiger partial charge in [0.1, 0.15) is 0 Å². The van der Waals surface area contributed by atoms with Crippen LogP contribution in [0.15, 0.2) is 133 Å². The number of fused-ring (bicyclic) bond motifs is 9. The van der Waals surface area contributed by atoms with Gasteiger partial charge >= 0.3 is 0 Å². The van der Waals surface area contributed by atoms with E-state index in [-0.39, 0.29) is 43.3 Å². The maximum absolute atomic E-state index is 4.17. The summed E-state index contributed by atoms with van der Waals surface area (Å²) in [6.45, 7) is 41.8. The first-order chi connectivity index (χ1) is 42.4. The minimum atomic E-state index is 0.0806. The third-order valence-corrected chi connectivity index (χ3v) is 25.2. The molecular formula is C87H91BN2. The van der Waals surface area contributed by atoms with E-state index in [2.05, 4.69) is 261 Å². The third-order valence-electron chi connectivity index (χ3n) is 25.2. The first-order valence-corrected chi connectivity index (χ1v) is 34.4. The maximum Gasteiger partial charge on any atom is 0.198 e. The Morgan fingerprint density at radius 3 is 1.13 bits per heavy atom. The van der Waals surface area contributed by atoms with Crippen LogP contribution in [0.2, 0.25) is 0 Å². The van der Waals surface area contributed by atoms with Crippen LogP contribution in [-0.4, -0.2) is 16.7 Å². The molecule has 0 atom stereocenters. The molecule has 0 saturated heterocycles. The fourth-order valence-corrected chi connectivity index (χ4v) is 18.9. The number of aromatic amines is 1. The van der Waals surface area contributed by atoms with E-state index in [0.29, 0.717) is 0 Å². The summed E-state index contributed by atoms with van der Waals surface area (Å²) in [5, 5.41) is 8.07. The number of aromatic nitrogens is 2. The van der Waals surface area contributed by atoms with Gasteiger partial charge in [0.05, 0.1) is 11.0 Å². The van der Waals surface area contributed by atoms with Gasteiger partial charge in [-0.1, -0.05) is 207 Å². The molecule has 9 aromatic carbocycles. The van der Waals surface area contributed by atoms with Crippen molar-refractivity contribution in [3.8, 4) is 55.6 Å². The molecule has 4 heterocycles. The largest absolute Gasteiger partial charge is 0.354 e. The third kappa shape index (κ3) is 7.95. The van der Waals surface area contributed by atoms with Gasteiger partial charge in [-0.2, -0.15) is 0 Å². The van der Waals surface area contributed by atoms with Gasteiger partial charge in [-0.15, -0.1) is 0 Å². The number of H-pyrrole nitrogens is 1. The minimum Gasteiger partial charge on any atom is -0.354 e. The van der Waals surface area contributed by atoms with Crippen LogP contribution < -0.4 is 10.9 Å². The van der Waals surface area contributed by atoms with Crippen LogP contribution in [0.3, 0.4) is 0 Å². The quantitative estimate of drug-likeness (QED) is 0.166. The second-order valence-corrected chi connectivity index (χ2v) is 34.9. The molecule has 0 amide bonds. The molecule has 0 fully saturated rings. The van der Waals surface area contributed by atoms with Crippen molar-refractivity contribution in [2.45, 2.75) is 212 Å². The van der Waals surface area contributed by atoms with Crippen LogP contribution >= 0.6 is 0 Å². The molecule has 0 saturated carbocycles. The molecule has 0 unspecified atom stereocenters. The smallest absolute Gasteiger partial charge is 0.198 e. The predicted molar refractivity (Wildman–Crippen MR) is 390 cm³/mol. The summed E-state index contributed by atoms with van der Waals surface area (Å²) in [5.74, 6) is 0. The topological polar surface area (TPSA) is 20.2 Å². The van der Waals surface area contributed by atoms with Gasteiger partial charge in [0.2, 0.25) is 0 Å². The zero-order valence-electron chi connectivity index (χ0n) is 57.0. The highest BCUT2D eigenvalue weighted by atomic mass is 14.9. The molecule has 17 rings (SSSR count). The fraction of sp³-hybridized carbons (Fsp3) is 0.379. The molecule has 1 aliphatic heterocycles. The number of benzene rings is 9. The number of hydrogen-bond donors (Lipinski definition) is 1. The summed E-state index contributed by atoms with van der Waals surface area (Å²) in [6.07, 6.45) is 9.60. The summed E-state index contributed by atoms with van der Waals surface area (Å²) in [6, 6.07) is 55.3. The van der Waals surface area contributed by atoms with Crippen molar-refractivity contribution < 1.29 is 0 Å². The second-order valence-electron chi connectivity index (χ2n) is 34.9. The highest BCUT2D eigenvalue weighted by Crippen LogP contribution is 2.54. The summed E-state index contributed by atoms with van der Waals surface area (Å²) >= 11 is 0. The Balaban J connectivity index is 0.934. The number of aryl methyl sites for hydroxylation is 1. The van der Waals surface area contributed by atoms with Gasteiger partial charge in [0.15, 0.2) is 7.28 Å². The van der Waals surface area contributed by atoms with E-state index < -0.39 is 0 Å². The average Bonchev–Trinajstić information content (AvgIpc) is 1.50. The SMILES string of the molecule is Cc1cc(-c2cc(-c3ccc4c(c3)C(C)(C)CCC4(C)C)cc3c2[nH]c2ccc(-c4ccc5c(c4)C(C)(C)CCC5(C)C)cc23)c2c3c1c1cc(-c4ccc5c(c4)C(C)(C)CCC5(C)C)cc4c5cc(-c6ccc7c(c6)C(C)(C)CCC7(C)C)cc(c5n3c41)B2. The molecule has 5 aliphatic rings. The Bertz CT molecular complexity index is 5160. The second kappa shape index (κ2) is 18.0. The lowest BCUT2D eigenvalue weighted by Crippen LogP contribution is -2.35. The van der Waals surface area contributed by atoms with Crippen LogP contribution in [0.25, 0.3) is 116 Å². The zero-order valence-corrected chi connectivity index (χ0v) is 57.0. The lowest BCUT2D eigenvalue weighted by molar-refractivity contribution is 0.332. The van der Waals surface area contributed by atoms with Crippen molar-refractivity contribution in [2.24, 2.45) is 0 Å². The monoisotopic (exact) mass is 1170 g/mol. The molecule has 2 nitrogen and oxygen atoms in total. The molecule has 1 N–H and O–H groups in total. The number of hydrogen-bond acceptors (Lipinski definition) is 0. The lowest BCUT2D eigenvalue weighted by Gasteiger charge is -2.42. The summed E-state index contributed by atoms with van der Waals surface area (Å²) in [4.78, 5) is 4.17. The van der Waals surface area contributed by atoms with E-state index in [4.69, 9.17) is 0 Å². The van der Waals surface area contributed by atoms with Crippen LogP contribution in [0.4, 0.5) is 0 Å². The molecule has 3 aromatic heterocycles. The molecule has 0 bridgehead atoms. The average molecular weight is 1180 g/mol. The van der Waals surface area contributed by atoms with Gasteiger partial charge in [0, 0.05) is 54.4 Å². The molecule has 0 radical (unpaired) electrons. The van der Waals surface area contributed by atoms with Gasteiger partial charge in [0.25, 0.3) is 0 Å². The summed E-state index contributed by atoms with van der Waals surface area (Å²) in [5.41, 5.74) is 36.8. The summed E-state index contributed by atoms with van der Waals surface area (Å²) in [7, 11) is 0.845. The normalized spacial score (nSPS) is 20.1. The Hall–Kier alpha value is -7.36. The van der Waals surface area contributed by atoms with Crippen molar-refractivity contribution in [3.63, 3.8) is 0 Å². The number of nitrogens with zero attached hydrogens (tertiary/aromatic N) is 1. The molecule has 452 valence electrons. The molecule has 4 aliphatic carbocycles. The molecule has 3 heteroatoms. The van der Waals surface area contributed by atoms with Crippen molar-refractivity contribution in [1.29, 1.82) is 0 Å². The first kappa shape index (κ1) is 56.6. The van der Waals surface area contributed by atoms with Crippen molar-refractivity contribution >= 4 is 78.1 Å². The van der Waals surface area contributed by atoms with E-state index in [1.54, 1.807) is 0 Å². The van der Waals surface area contributed by atoms with Crippen LogP contribution in [0.5, 0.6) is 0 Å². The predicted octanol–water partition coefficient (Wildman–Crippen LogP) is 22.2. The highest BCUT2D eigenvalue weighted by Gasteiger charge is 2.42. The van der Waals surface area contributed by atoms with E-state index in [1.165, 1.54) is 228 Å². The van der Waals surface area contributed by atoms with E-state index >= 15 is 0 Å². The lowest BCUT2D eigenvalue weighted by atomic mass is 9.58. The van der Waals surface area contributed by atoms with Crippen LogP contribution in [0.1, 0.15) is 212 Å². The molecular weight excluding hydrogens is 1080 g/mol. The van der Waals surface area contributed by atoms with Crippen LogP contribution in [0, 0.1) is 6.92 Å². The van der Waals surface area contributed by atoms with Gasteiger partial charge in [-0.3, -0.25) is 0 Å². The number of nitrogens with one attached hydrogen (secondary N) is 1. The Labute approximate surface area is 535 Å². The Morgan fingerprint density at radius 1 is 0.311 bits per heavy atom. The maximum atomic E-state index is 4.17. The van der Waals surface area contributed by atoms with Crippen molar-refractivity contribution in [2.75, 3.05) is 0 Å². The van der Waals surface area contributed by atoms with E-state index in [1.807, 2.05) is 0 Å². The van der Waals surface area contributed by atoms with E-state index in [0.717, 1.165) is 7.28 Å². The van der Waals surface area contributed by atoms with Gasteiger partial charge in [-0.25, -0.2) is 0 Å². The van der Waals surface area contributed by atoms with Gasteiger partial charge < -0.3 is 9.38 Å². The Kier molecular flexibility index (Phi) is 11.3. The first-order valence-electron chi connectivity index (χ1n) is 34.4. The molecule has 12 aromatic rings. The summed E-state index contributed by atoms with van der Waals surface area (Å²) < 4.78 is 2.75. The molecule has 90 heavy (non-hydrogen) atoms. The van der Waals surface area contributed by atoms with Crippen molar-refractivity contribution in [1.82, 2.24) is 9.38 Å². The zero-order chi connectivity index (χ0) is 62.7. The minimum absolute atomic E-state index is 0.0806. The molecule has 0 spiro atoms.